The van der Waals surface area contributed by atoms with E-state index in [0.717, 1.165) is 6.92 Å². The van der Waals surface area contributed by atoms with Crippen molar-refractivity contribution in [2.24, 2.45) is 0 Å². The fraction of sp³-hybridized carbons (Fsp3) is 0.235. The minimum Gasteiger partial charge on any atom is -0.308 e. The van der Waals surface area contributed by atoms with Crippen molar-refractivity contribution < 1.29 is 27.3 Å². The van der Waals surface area contributed by atoms with Gasteiger partial charge < -0.3 is 5.32 Å². The molecule has 1 N–H and O–H groups in total. The highest BCUT2D eigenvalue weighted by molar-refractivity contribution is 6.31. The summed E-state index contributed by atoms with van der Waals surface area (Å²) in [4.78, 5) is 22.0. The molecule has 9 nitrogen and oxygen atoms in total. The molecule has 2 heterocycles. The van der Waals surface area contributed by atoms with Gasteiger partial charge in [-0.3, -0.25) is 24.3 Å². The van der Waals surface area contributed by atoms with E-state index >= 15 is 0 Å². The Morgan fingerprint density at radius 1 is 1.29 bits per heavy atom. The molecule has 3 rings (SSSR count). The summed E-state index contributed by atoms with van der Waals surface area (Å²) < 4.78 is 54.7. The lowest BCUT2D eigenvalue weighted by Crippen LogP contribution is -2.21. The van der Waals surface area contributed by atoms with E-state index in [1.807, 2.05) is 0 Å². The number of benzene rings is 1. The molecule has 2 aromatic heterocycles. The normalized spacial score (nSPS) is 11.5. The van der Waals surface area contributed by atoms with E-state index in [1.165, 1.54) is 35.1 Å². The van der Waals surface area contributed by atoms with Crippen molar-refractivity contribution >= 4 is 29.0 Å². The van der Waals surface area contributed by atoms with Crippen molar-refractivity contribution in [3.8, 4) is 0 Å². The fourth-order valence-corrected chi connectivity index (χ4v) is 3.00. The molecule has 0 atom stereocenters. The molecule has 3 aromatic rings. The van der Waals surface area contributed by atoms with Crippen molar-refractivity contribution in [3.05, 3.63) is 68.4 Å². The molecule has 0 aliphatic carbocycles. The lowest BCUT2D eigenvalue weighted by Gasteiger charge is -2.06. The first kappa shape index (κ1) is 22.2. The van der Waals surface area contributed by atoms with Crippen molar-refractivity contribution in [1.82, 2.24) is 19.6 Å². The fourth-order valence-electron chi connectivity index (χ4n) is 2.78. The summed E-state index contributed by atoms with van der Waals surface area (Å²) >= 11 is 5.96. The number of carbonyl (C=O) groups is 1. The number of alkyl halides is 3. The van der Waals surface area contributed by atoms with Crippen LogP contribution in [-0.2, 0) is 24.1 Å². The molecule has 0 saturated heterocycles. The van der Waals surface area contributed by atoms with Gasteiger partial charge in [0, 0.05) is 22.8 Å². The third kappa shape index (κ3) is 4.82. The van der Waals surface area contributed by atoms with E-state index in [-0.39, 0.29) is 22.9 Å². The Morgan fingerprint density at radius 2 is 2.00 bits per heavy atom. The first-order valence-electron chi connectivity index (χ1n) is 8.52. The first-order valence-corrected chi connectivity index (χ1v) is 8.90. The molecular weight excluding hydrogens is 448 g/mol. The summed E-state index contributed by atoms with van der Waals surface area (Å²) in [6.45, 7) is 0.316. The van der Waals surface area contributed by atoms with Crippen molar-refractivity contribution in [2.75, 3.05) is 5.32 Å². The second kappa shape index (κ2) is 8.34. The van der Waals surface area contributed by atoms with Gasteiger partial charge in [0.2, 0.25) is 11.6 Å². The summed E-state index contributed by atoms with van der Waals surface area (Å²) in [5, 5.41) is 20.7. The third-order valence-electron chi connectivity index (χ3n) is 4.21. The van der Waals surface area contributed by atoms with Gasteiger partial charge >= 0.3 is 11.9 Å². The standard InChI is InChI=1S/C17H13ClF4N6O3/c1-9-15(28(30)31)16(17(20,21)22)25-27(9)8-14(29)23-13-5-6-26(24-13)7-10-11(18)3-2-4-12(10)19/h2-6H,7-8H2,1H3,(H,23,24,29). The van der Waals surface area contributed by atoms with Crippen LogP contribution in [0.5, 0.6) is 0 Å². The number of halogens is 5. The Bertz CT molecular complexity index is 1140. The van der Waals surface area contributed by atoms with Crippen LogP contribution in [0.3, 0.4) is 0 Å². The average molecular weight is 461 g/mol. The van der Waals surface area contributed by atoms with Gasteiger partial charge in [0.1, 0.15) is 18.1 Å². The molecule has 0 unspecified atom stereocenters. The van der Waals surface area contributed by atoms with E-state index in [2.05, 4.69) is 15.5 Å². The Labute approximate surface area is 176 Å². The molecule has 164 valence electrons. The van der Waals surface area contributed by atoms with E-state index in [4.69, 9.17) is 11.6 Å². The van der Waals surface area contributed by atoms with Crippen molar-refractivity contribution in [3.63, 3.8) is 0 Å². The van der Waals surface area contributed by atoms with Gasteiger partial charge in [-0.15, -0.1) is 0 Å². The van der Waals surface area contributed by atoms with Crippen molar-refractivity contribution in [1.29, 1.82) is 0 Å². The monoisotopic (exact) mass is 460 g/mol. The Balaban J connectivity index is 1.73. The second-order valence-electron chi connectivity index (χ2n) is 6.34. The maximum absolute atomic E-state index is 13.9. The van der Waals surface area contributed by atoms with Crippen LogP contribution in [0, 0.1) is 22.9 Å². The van der Waals surface area contributed by atoms with Crippen LogP contribution in [0.4, 0.5) is 29.1 Å². The quantitative estimate of drug-likeness (QED) is 0.342. The number of anilines is 1. The average Bonchev–Trinajstić information content (AvgIpc) is 3.22. The summed E-state index contributed by atoms with van der Waals surface area (Å²) in [5.41, 5.74) is -3.14. The molecule has 0 aliphatic heterocycles. The summed E-state index contributed by atoms with van der Waals surface area (Å²) in [6, 6.07) is 5.56. The van der Waals surface area contributed by atoms with Gasteiger partial charge in [-0.1, -0.05) is 17.7 Å². The first-order chi connectivity index (χ1) is 14.5. The molecule has 31 heavy (non-hydrogen) atoms. The smallest absolute Gasteiger partial charge is 0.308 e. The van der Waals surface area contributed by atoms with Gasteiger partial charge in [-0.2, -0.15) is 23.4 Å². The number of hydrogen-bond donors (Lipinski definition) is 1. The van der Waals surface area contributed by atoms with E-state index < -0.39 is 46.4 Å². The number of hydrogen-bond acceptors (Lipinski definition) is 5. The number of nitro groups is 1. The van der Waals surface area contributed by atoms with Crippen LogP contribution in [0.15, 0.2) is 30.5 Å². The molecule has 0 fully saturated rings. The highest BCUT2D eigenvalue weighted by atomic mass is 35.5. The molecule has 0 bridgehead atoms. The minimum atomic E-state index is -5.05. The van der Waals surface area contributed by atoms with Crippen LogP contribution in [-0.4, -0.2) is 30.4 Å². The summed E-state index contributed by atoms with van der Waals surface area (Å²) in [5.74, 6) is -1.32. The molecule has 0 spiro atoms. The molecule has 0 aliphatic rings. The molecule has 1 amide bonds. The Morgan fingerprint density at radius 3 is 2.58 bits per heavy atom. The topological polar surface area (TPSA) is 108 Å². The second-order valence-corrected chi connectivity index (χ2v) is 6.75. The van der Waals surface area contributed by atoms with Gasteiger partial charge in [0.25, 0.3) is 0 Å². The molecular formula is C17H13ClF4N6O3. The molecule has 14 heteroatoms. The van der Waals surface area contributed by atoms with E-state index in [0.29, 0.717) is 4.68 Å². The SMILES string of the molecule is Cc1c([N+](=O)[O-])c(C(F)(F)F)nn1CC(=O)Nc1ccn(Cc2c(F)cccc2Cl)n1. The zero-order valence-corrected chi connectivity index (χ0v) is 16.4. The van der Waals surface area contributed by atoms with Gasteiger partial charge in [-0.05, 0) is 19.1 Å². The molecule has 0 radical (unpaired) electrons. The van der Waals surface area contributed by atoms with Crippen LogP contribution in [0.2, 0.25) is 5.02 Å². The van der Waals surface area contributed by atoms with Crippen LogP contribution >= 0.6 is 11.6 Å². The van der Waals surface area contributed by atoms with Gasteiger partial charge in [0.15, 0.2) is 5.82 Å². The zero-order chi connectivity index (χ0) is 22.9. The van der Waals surface area contributed by atoms with Crippen LogP contribution in [0.25, 0.3) is 0 Å². The van der Waals surface area contributed by atoms with Crippen LogP contribution < -0.4 is 5.32 Å². The highest BCUT2D eigenvalue weighted by Crippen LogP contribution is 2.36. The molecule has 0 saturated carbocycles. The van der Waals surface area contributed by atoms with Crippen molar-refractivity contribution in [2.45, 2.75) is 26.2 Å². The lowest BCUT2D eigenvalue weighted by molar-refractivity contribution is -0.388. The zero-order valence-electron chi connectivity index (χ0n) is 15.7. The van der Waals surface area contributed by atoms with E-state index in [9.17, 15) is 32.5 Å². The number of amides is 1. The maximum atomic E-state index is 13.9. The Kier molecular flexibility index (Phi) is 5.97. The number of nitrogens with zero attached hydrogens (tertiary/aromatic N) is 5. The predicted molar refractivity (Wildman–Crippen MR) is 100.0 cm³/mol. The molecule has 1 aromatic carbocycles. The van der Waals surface area contributed by atoms with Gasteiger partial charge in [-0.25, -0.2) is 4.39 Å². The third-order valence-corrected chi connectivity index (χ3v) is 4.56. The predicted octanol–water partition coefficient (Wildman–Crippen LogP) is 3.79. The van der Waals surface area contributed by atoms with Crippen LogP contribution in [0.1, 0.15) is 17.0 Å². The largest absolute Gasteiger partial charge is 0.442 e. The minimum absolute atomic E-state index is 0.0270. The summed E-state index contributed by atoms with van der Waals surface area (Å²) in [6.07, 6.45) is -3.62. The Hall–Kier alpha value is -3.48. The number of rotatable bonds is 6. The highest BCUT2D eigenvalue weighted by Gasteiger charge is 2.44. The number of nitrogens with one attached hydrogen (secondary N) is 1. The summed E-state index contributed by atoms with van der Waals surface area (Å²) in [7, 11) is 0. The number of aromatic nitrogens is 4. The van der Waals surface area contributed by atoms with Gasteiger partial charge in [0.05, 0.1) is 11.5 Å². The lowest BCUT2D eigenvalue weighted by atomic mass is 10.2. The maximum Gasteiger partial charge on any atom is 0.442 e. The van der Waals surface area contributed by atoms with E-state index in [1.54, 1.807) is 0 Å². The number of carbonyl (C=O) groups excluding carboxylic acids is 1.